The van der Waals surface area contributed by atoms with Crippen LogP contribution in [-0.2, 0) is 6.42 Å². The Hall–Kier alpha value is -1.56. The van der Waals surface area contributed by atoms with E-state index in [2.05, 4.69) is 73.3 Å². The molecule has 0 saturated heterocycles. The fraction of sp³-hybridized carbons (Fsp3) is 0.520. The van der Waals surface area contributed by atoms with Crippen LogP contribution < -0.4 is 0 Å². The third-order valence-corrected chi connectivity index (χ3v) is 7.09. The Morgan fingerprint density at radius 3 is 1.84 bits per heavy atom. The Labute approximate surface area is 188 Å². The first-order valence-electron chi connectivity index (χ1n) is 10.7. The van der Waals surface area contributed by atoms with Gasteiger partial charge in [-0.2, -0.15) is 0 Å². The predicted molar refractivity (Wildman–Crippen MR) is 129 cm³/mol. The minimum absolute atomic E-state index is 0. The van der Waals surface area contributed by atoms with E-state index in [1.165, 1.54) is 74.7 Å². The number of benzene rings is 2. The molecule has 180 valence electrons. The summed E-state index contributed by atoms with van der Waals surface area (Å²) in [6.07, 6.45) is 13.5. The van der Waals surface area contributed by atoms with Crippen LogP contribution in [0.2, 0.25) is 0 Å². The number of hydrogen-bond acceptors (Lipinski definition) is 1. The summed E-state index contributed by atoms with van der Waals surface area (Å²) in [6.45, 7) is 2.28. The van der Waals surface area contributed by atoms with Crippen molar-refractivity contribution in [2.75, 3.05) is 0 Å². The number of thioether (sulfide) groups is 1. The summed E-state index contributed by atoms with van der Waals surface area (Å²) in [6, 6.07) is 20.5. The van der Waals surface area contributed by atoms with Crippen molar-refractivity contribution in [1.82, 2.24) is 0 Å². The van der Waals surface area contributed by atoms with Crippen LogP contribution in [0.1, 0.15) is 81.8 Å². The summed E-state index contributed by atoms with van der Waals surface area (Å²) >= 11 is 2.08. The Kier molecular flexibility index (Phi) is 21.0. The van der Waals surface area contributed by atoms with Gasteiger partial charge in [0.15, 0.2) is 0 Å². The molecular formula is C25H39F5S. The lowest BCUT2D eigenvalue weighted by Crippen LogP contribution is -2.15. The summed E-state index contributed by atoms with van der Waals surface area (Å²) < 4.78 is 0. The van der Waals surface area contributed by atoms with Gasteiger partial charge in [0.25, 0.3) is 0 Å². The Morgan fingerprint density at radius 2 is 1.26 bits per heavy atom. The first-order valence-corrected chi connectivity index (χ1v) is 11.5. The van der Waals surface area contributed by atoms with E-state index >= 15 is 0 Å². The summed E-state index contributed by atoms with van der Waals surface area (Å²) in [5.41, 5.74) is 3.10. The molecule has 6 heteroatoms. The average molecular weight is 467 g/mol. The molecule has 0 aliphatic heterocycles. The van der Waals surface area contributed by atoms with Gasteiger partial charge < -0.3 is 0 Å². The van der Waals surface area contributed by atoms with Gasteiger partial charge in [-0.15, -0.1) is 11.8 Å². The molecule has 2 aromatic rings. The maximum Gasteiger partial charge on any atom is 0.00948 e. The molecule has 1 saturated carbocycles. The van der Waals surface area contributed by atoms with Crippen molar-refractivity contribution in [1.29, 1.82) is 0 Å². The lowest BCUT2D eigenvalue weighted by Gasteiger charge is -2.28. The van der Waals surface area contributed by atoms with Gasteiger partial charge >= 0.3 is 0 Å². The van der Waals surface area contributed by atoms with Gasteiger partial charge in [-0.1, -0.05) is 75.1 Å². The van der Waals surface area contributed by atoms with E-state index < -0.39 is 0 Å². The molecule has 0 spiro atoms. The fourth-order valence-corrected chi connectivity index (χ4v) is 5.30. The normalized spacial score (nSPS) is 16.9. The fourth-order valence-electron chi connectivity index (χ4n) is 4.09. The second-order valence-corrected chi connectivity index (χ2v) is 9.18. The lowest BCUT2D eigenvalue weighted by molar-refractivity contribution is 0.453. The highest BCUT2D eigenvalue weighted by Gasteiger charge is 2.22. The van der Waals surface area contributed by atoms with Crippen molar-refractivity contribution in [2.24, 2.45) is 0 Å². The zero-order valence-corrected chi connectivity index (χ0v) is 19.2. The van der Waals surface area contributed by atoms with Crippen LogP contribution in [0.3, 0.4) is 0 Å². The van der Waals surface area contributed by atoms with Gasteiger partial charge in [-0.3, -0.25) is 23.5 Å². The standard InChI is InChI=1S/C25H34S.5FH/c1-2-3-4-5-7-10-21-13-15-22(16-14-21)23-17-19-25(20-18-23)26-24-11-8-6-9-12-24;;;;;/h6,8-9,11-16,23,25H,2-5,7,10,17-20H2,1H3;5*1H. The van der Waals surface area contributed by atoms with Crippen LogP contribution in [-0.4, -0.2) is 5.25 Å². The second-order valence-electron chi connectivity index (χ2n) is 7.81. The van der Waals surface area contributed by atoms with E-state index in [1.807, 2.05) is 0 Å². The smallest absolute Gasteiger partial charge is 0.00948 e. The SMILES string of the molecule is CCCCCCCc1ccc(C2CCC(Sc3ccccc3)CC2)cc1.F.F.F.F.F. The molecular weight excluding hydrogens is 427 g/mol. The topological polar surface area (TPSA) is 0 Å². The van der Waals surface area contributed by atoms with Gasteiger partial charge in [-0.25, -0.2) is 0 Å². The largest absolute Gasteiger partial charge is 0.269 e. The molecule has 0 heterocycles. The monoisotopic (exact) mass is 466 g/mol. The molecule has 1 aliphatic rings. The molecule has 0 nitrogen and oxygen atoms in total. The third kappa shape index (κ3) is 11.6. The van der Waals surface area contributed by atoms with Gasteiger partial charge in [0.05, 0.1) is 0 Å². The van der Waals surface area contributed by atoms with Crippen LogP contribution >= 0.6 is 11.8 Å². The molecule has 0 unspecified atom stereocenters. The van der Waals surface area contributed by atoms with Gasteiger partial charge in [0.2, 0.25) is 0 Å². The van der Waals surface area contributed by atoms with Crippen molar-refractivity contribution in [3.8, 4) is 0 Å². The van der Waals surface area contributed by atoms with E-state index in [4.69, 9.17) is 0 Å². The first-order chi connectivity index (χ1) is 12.8. The van der Waals surface area contributed by atoms with Crippen LogP contribution in [0, 0.1) is 0 Å². The Bertz CT molecular complexity index is 628. The molecule has 0 N–H and O–H groups in total. The summed E-state index contributed by atoms with van der Waals surface area (Å²) in [5.74, 6) is 0.779. The van der Waals surface area contributed by atoms with Crippen molar-refractivity contribution < 1.29 is 23.5 Å². The van der Waals surface area contributed by atoms with Crippen molar-refractivity contribution >= 4 is 11.8 Å². The van der Waals surface area contributed by atoms with E-state index in [1.54, 1.807) is 5.56 Å². The zero-order chi connectivity index (χ0) is 18.0. The van der Waals surface area contributed by atoms with E-state index in [-0.39, 0.29) is 23.5 Å². The van der Waals surface area contributed by atoms with Crippen LogP contribution in [0.25, 0.3) is 0 Å². The molecule has 1 aliphatic carbocycles. The number of hydrogen-bond donors (Lipinski definition) is 0. The highest BCUT2D eigenvalue weighted by atomic mass is 32.2. The molecule has 0 amide bonds. The van der Waals surface area contributed by atoms with E-state index in [0.717, 1.165) is 11.2 Å². The molecule has 1 fully saturated rings. The quantitative estimate of drug-likeness (QED) is 0.263. The summed E-state index contributed by atoms with van der Waals surface area (Å²) in [5, 5.41) is 0.802. The minimum atomic E-state index is 0. The van der Waals surface area contributed by atoms with Crippen LogP contribution in [0.15, 0.2) is 59.5 Å². The maximum absolute atomic E-state index is 2.41. The summed E-state index contributed by atoms with van der Waals surface area (Å²) in [4.78, 5) is 1.43. The first kappa shape index (κ1) is 34.1. The number of halogens is 5. The average Bonchev–Trinajstić information content (AvgIpc) is 2.70. The number of aryl methyl sites for hydroxylation is 1. The Balaban J connectivity index is -0.00000157. The van der Waals surface area contributed by atoms with Crippen molar-refractivity contribution in [2.45, 2.75) is 87.2 Å². The van der Waals surface area contributed by atoms with Crippen LogP contribution in [0.5, 0.6) is 0 Å². The molecule has 0 aromatic heterocycles. The zero-order valence-electron chi connectivity index (χ0n) is 18.4. The molecule has 31 heavy (non-hydrogen) atoms. The maximum atomic E-state index is 2.41. The molecule has 0 bridgehead atoms. The molecule has 2 aromatic carbocycles. The van der Waals surface area contributed by atoms with Gasteiger partial charge in [0.1, 0.15) is 0 Å². The van der Waals surface area contributed by atoms with Crippen molar-refractivity contribution in [3.05, 3.63) is 65.7 Å². The van der Waals surface area contributed by atoms with Crippen LogP contribution in [0.4, 0.5) is 23.5 Å². The third-order valence-electron chi connectivity index (χ3n) is 5.74. The number of unbranched alkanes of at least 4 members (excludes halogenated alkanes) is 4. The number of rotatable bonds is 9. The Morgan fingerprint density at radius 1 is 0.677 bits per heavy atom. The second kappa shape index (κ2) is 19.1. The minimum Gasteiger partial charge on any atom is -0.269 e. The van der Waals surface area contributed by atoms with Crippen molar-refractivity contribution in [3.63, 3.8) is 0 Å². The molecule has 0 atom stereocenters. The molecule has 0 radical (unpaired) electrons. The van der Waals surface area contributed by atoms with E-state index in [0.29, 0.717) is 0 Å². The highest BCUT2D eigenvalue weighted by molar-refractivity contribution is 8.00. The van der Waals surface area contributed by atoms with E-state index in [9.17, 15) is 0 Å². The summed E-state index contributed by atoms with van der Waals surface area (Å²) in [7, 11) is 0. The highest BCUT2D eigenvalue weighted by Crippen LogP contribution is 2.39. The lowest BCUT2D eigenvalue weighted by atomic mass is 9.83. The molecule has 3 rings (SSSR count). The van der Waals surface area contributed by atoms with Gasteiger partial charge in [0, 0.05) is 10.1 Å². The predicted octanol–water partition coefficient (Wildman–Crippen LogP) is 8.78. The van der Waals surface area contributed by atoms with Gasteiger partial charge in [-0.05, 0) is 67.7 Å².